The number of hydrogen-bond donors (Lipinski definition) is 0. The highest BCUT2D eigenvalue weighted by Crippen LogP contribution is 2.47. The second kappa shape index (κ2) is 15.1. The van der Waals surface area contributed by atoms with Gasteiger partial charge in [0.25, 0.3) is 0 Å². The van der Waals surface area contributed by atoms with Gasteiger partial charge in [0.2, 0.25) is 0 Å². The summed E-state index contributed by atoms with van der Waals surface area (Å²) in [5, 5.41) is 4.67. The molecule has 0 fully saturated rings. The van der Waals surface area contributed by atoms with Crippen molar-refractivity contribution in [3.8, 4) is 78.7 Å². The standard InChI is InChI=1S/C58H40N2/c1-7-19-41(20-8-1)47-31-33-49-51(39-47)58(60-55(45-27-15-5-16-28-45)37-38-56(60)46-29-17-6-18-30-46)52-40-48(42-21-9-2-10-22-42)32-34-50(52)57(49)59-53(43-23-11-3-12-24-43)35-36-54(59)44-25-13-4-14-26-44/h1-40H. The van der Waals surface area contributed by atoms with Crippen LogP contribution in [0.4, 0.5) is 0 Å². The first kappa shape index (κ1) is 35.2. The molecule has 0 spiro atoms. The highest BCUT2D eigenvalue weighted by Gasteiger charge is 2.25. The van der Waals surface area contributed by atoms with Crippen molar-refractivity contribution >= 4 is 21.5 Å². The van der Waals surface area contributed by atoms with Crippen LogP contribution in [0.1, 0.15) is 0 Å². The van der Waals surface area contributed by atoms with Crippen molar-refractivity contribution < 1.29 is 0 Å². The summed E-state index contributed by atoms with van der Waals surface area (Å²) in [6.45, 7) is 0. The maximum absolute atomic E-state index is 2.52. The second-order valence-electron chi connectivity index (χ2n) is 15.3. The maximum atomic E-state index is 2.52. The number of fused-ring (bicyclic) bond motifs is 2. The molecule has 0 aliphatic carbocycles. The number of hydrogen-bond acceptors (Lipinski definition) is 0. The Labute approximate surface area is 350 Å². The van der Waals surface area contributed by atoms with Gasteiger partial charge >= 0.3 is 0 Å². The molecule has 11 rings (SSSR count). The Balaban J connectivity index is 1.36. The molecule has 2 nitrogen and oxygen atoms in total. The molecule has 0 amide bonds. The van der Waals surface area contributed by atoms with Crippen molar-refractivity contribution in [2.45, 2.75) is 0 Å². The van der Waals surface area contributed by atoms with E-state index in [2.05, 4.69) is 252 Å². The molecule has 60 heavy (non-hydrogen) atoms. The van der Waals surface area contributed by atoms with Crippen LogP contribution in [0.5, 0.6) is 0 Å². The number of nitrogens with zero attached hydrogens (tertiary/aromatic N) is 2. The fraction of sp³-hybridized carbons (Fsp3) is 0. The molecule has 0 radical (unpaired) electrons. The van der Waals surface area contributed by atoms with Gasteiger partial charge in [0, 0.05) is 21.5 Å². The van der Waals surface area contributed by atoms with Crippen LogP contribution in [0.3, 0.4) is 0 Å². The zero-order valence-electron chi connectivity index (χ0n) is 33.0. The van der Waals surface area contributed by atoms with Crippen LogP contribution in [-0.2, 0) is 0 Å². The van der Waals surface area contributed by atoms with Crippen molar-refractivity contribution in [2.75, 3.05) is 0 Å². The molecule has 282 valence electrons. The third kappa shape index (κ3) is 6.14. The highest BCUT2D eigenvalue weighted by molar-refractivity contribution is 6.17. The first-order chi connectivity index (χ1) is 29.8. The number of aromatic nitrogens is 2. The average Bonchev–Trinajstić information content (AvgIpc) is 3.98. The summed E-state index contributed by atoms with van der Waals surface area (Å²) in [5.74, 6) is 0. The minimum absolute atomic E-state index is 1.14. The summed E-state index contributed by atoms with van der Waals surface area (Å²) in [7, 11) is 0. The summed E-state index contributed by atoms with van der Waals surface area (Å²) in [6, 6.07) is 88.1. The minimum atomic E-state index is 1.14. The van der Waals surface area contributed by atoms with Crippen LogP contribution in [-0.4, -0.2) is 9.13 Å². The summed E-state index contributed by atoms with van der Waals surface area (Å²) >= 11 is 0. The monoisotopic (exact) mass is 764 g/mol. The average molecular weight is 765 g/mol. The predicted molar refractivity (Wildman–Crippen MR) is 253 cm³/mol. The Kier molecular flexibility index (Phi) is 8.87. The summed E-state index contributed by atoms with van der Waals surface area (Å²) in [5.41, 5.74) is 16.2. The summed E-state index contributed by atoms with van der Waals surface area (Å²) < 4.78 is 5.03. The van der Waals surface area contributed by atoms with E-state index in [1.807, 2.05) is 0 Å². The molecule has 0 bridgehead atoms. The van der Waals surface area contributed by atoms with E-state index < -0.39 is 0 Å². The SMILES string of the molecule is c1ccc(-c2ccc3c(-n4c(-c5ccccc5)ccc4-c4ccccc4)c4ccc(-c5ccccc5)cc4c(-n4c(-c5ccccc5)ccc4-c4ccccc4)c3c2)cc1. The van der Waals surface area contributed by atoms with E-state index in [-0.39, 0.29) is 0 Å². The lowest BCUT2D eigenvalue weighted by Gasteiger charge is -2.25. The van der Waals surface area contributed by atoms with Crippen LogP contribution < -0.4 is 0 Å². The summed E-state index contributed by atoms with van der Waals surface area (Å²) in [6.07, 6.45) is 0. The first-order valence-electron chi connectivity index (χ1n) is 20.6. The van der Waals surface area contributed by atoms with Gasteiger partial charge in [0.15, 0.2) is 0 Å². The topological polar surface area (TPSA) is 9.86 Å². The molecule has 0 aliphatic heterocycles. The largest absolute Gasteiger partial charge is 0.308 e. The Morgan fingerprint density at radius 2 is 0.433 bits per heavy atom. The molecular weight excluding hydrogens is 725 g/mol. The van der Waals surface area contributed by atoms with E-state index >= 15 is 0 Å². The second-order valence-corrected chi connectivity index (χ2v) is 15.3. The van der Waals surface area contributed by atoms with Gasteiger partial charge in [-0.1, -0.05) is 206 Å². The van der Waals surface area contributed by atoms with Gasteiger partial charge in [-0.15, -0.1) is 0 Å². The van der Waals surface area contributed by atoms with Gasteiger partial charge in [-0.2, -0.15) is 0 Å². The Morgan fingerprint density at radius 3 is 0.717 bits per heavy atom. The Hall–Kier alpha value is -7.94. The van der Waals surface area contributed by atoms with E-state index in [0.717, 1.165) is 56.4 Å². The lowest BCUT2D eigenvalue weighted by Crippen LogP contribution is -2.07. The molecule has 0 atom stereocenters. The molecule has 2 heterocycles. The molecule has 0 saturated heterocycles. The van der Waals surface area contributed by atoms with E-state index in [9.17, 15) is 0 Å². The van der Waals surface area contributed by atoms with E-state index in [1.54, 1.807) is 0 Å². The molecule has 0 saturated carbocycles. The molecule has 0 unspecified atom stereocenters. The van der Waals surface area contributed by atoms with Crippen molar-refractivity contribution in [1.29, 1.82) is 0 Å². The van der Waals surface area contributed by atoms with Crippen LogP contribution in [0, 0.1) is 0 Å². The molecule has 2 aromatic heterocycles. The zero-order valence-corrected chi connectivity index (χ0v) is 33.0. The van der Waals surface area contributed by atoms with Gasteiger partial charge in [0.1, 0.15) is 0 Å². The first-order valence-corrected chi connectivity index (χ1v) is 20.6. The molecule has 0 N–H and O–H groups in total. The molecular formula is C58H40N2. The van der Waals surface area contributed by atoms with Crippen molar-refractivity contribution in [3.63, 3.8) is 0 Å². The quantitative estimate of drug-likeness (QED) is 0.136. The predicted octanol–water partition coefficient (Wildman–Crippen LogP) is 15.6. The van der Waals surface area contributed by atoms with Gasteiger partial charge in [-0.05, 0) is 80.9 Å². The van der Waals surface area contributed by atoms with Crippen molar-refractivity contribution in [3.05, 3.63) is 243 Å². The molecule has 9 aromatic carbocycles. The zero-order chi connectivity index (χ0) is 39.8. The van der Waals surface area contributed by atoms with Crippen molar-refractivity contribution in [2.24, 2.45) is 0 Å². The number of rotatable bonds is 8. The van der Waals surface area contributed by atoms with E-state index in [0.29, 0.717) is 0 Å². The van der Waals surface area contributed by atoms with Crippen molar-refractivity contribution in [1.82, 2.24) is 9.13 Å². The molecule has 0 aliphatic rings. The fourth-order valence-corrected chi connectivity index (χ4v) is 8.98. The maximum Gasteiger partial charge on any atom is 0.0620 e. The lowest BCUT2D eigenvalue weighted by atomic mass is 9.92. The van der Waals surface area contributed by atoms with Crippen LogP contribution >= 0.6 is 0 Å². The van der Waals surface area contributed by atoms with Gasteiger partial charge < -0.3 is 9.13 Å². The van der Waals surface area contributed by atoms with Crippen LogP contribution in [0.25, 0.3) is 100 Å². The smallest absolute Gasteiger partial charge is 0.0620 e. The fourth-order valence-electron chi connectivity index (χ4n) is 8.98. The minimum Gasteiger partial charge on any atom is -0.308 e. The highest BCUT2D eigenvalue weighted by atomic mass is 15.0. The van der Waals surface area contributed by atoms with Gasteiger partial charge in [-0.25, -0.2) is 0 Å². The van der Waals surface area contributed by atoms with E-state index in [1.165, 1.54) is 43.8 Å². The third-order valence-electron chi connectivity index (χ3n) is 11.8. The third-order valence-corrected chi connectivity index (χ3v) is 11.8. The summed E-state index contributed by atoms with van der Waals surface area (Å²) in [4.78, 5) is 0. The Bertz CT molecular complexity index is 3040. The molecule has 2 heteroatoms. The normalized spacial score (nSPS) is 11.3. The van der Waals surface area contributed by atoms with Gasteiger partial charge in [0.05, 0.1) is 34.2 Å². The van der Waals surface area contributed by atoms with Gasteiger partial charge in [-0.3, -0.25) is 0 Å². The Morgan fingerprint density at radius 1 is 0.183 bits per heavy atom. The number of benzene rings is 9. The van der Waals surface area contributed by atoms with Crippen LogP contribution in [0.15, 0.2) is 243 Å². The van der Waals surface area contributed by atoms with E-state index in [4.69, 9.17) is 0 Å². The molecule has 11 aromatic rings. The van der Waals surface area contributed by atoms with Crippen LogP contribution in [0.2, 0.25) is 0 Å². The lowest BCUT2D eigenvalue weighted by molar-refractivity contribution is 1.10.